The van der Waals surface area contributed by atoms with Crippen LogP contribution in [0.5, 0.6) is 0 Å². The second-order valence-electron chi connectivity index (χ2n) is 11.0. The Morgan fingerprint density at radius 1 is 1.00 bits per heavy atom. The minimum absolute atomic E-state index is 0.0884. The molecule has 3 unspecified atom stereocenters. The van der Waals surface area contributed by atoms with Crippen molar-refractivity contribution in [3.05, 3.63) is 35.4 Å². The van der Waals surface area contributed by atoms with Crippen molar-refractivity contribution in [3.8, 4) is 12.3 Å². The molecule has 8 heteroatoms. The second-order valence-corrected chi connectivity index (χ2v) is 11.0. The van der Waals surface area contributed by atoms with Gasteiger partial charge in [-0.15, -0.1) is 6.42 Å². The van der Waals surface area contributed by atoms with Crippen LogP contribution in [0.2, 0.25) is 0 Å². The summed E-state index contributed by atoms with van der Waals surface area (Å²) in [6.45, 7) is 10.9. The smallest absolute Gasteiger partial charge is 0.408 e. The first-order chi connectivity index (χ1) is 18.5. The summed E-state index contributed by atoms with van der Waals surface area (Å²) in [4.78, 5) is 41.5. The van der Waals surface area contributed by atoms with Gasteiger partial charge in [-0.2, -0.15) is 0 Å². The van der Waals surface area contributed by atoms with Gasteiger partial charge in [0.25, 0.3) is 0 Å². The molecule has 0 radical (unpaired) electrons. The lowest BCUT2D eigenvalue weighted by Gasteiger charge is -2.34. The Balaban J connectivity index is 3.38. The molecule has 3 N–H and O–H groups in total. The maximum absolute atomic E-state index is 13.9. The molecule has 218 valence electrons. The zero-order chi connectivity index (χ0) is 29.4. The molecule has 0 aliphatic heterocycles. The molecule has 0 saturated carbocycles. The Bertz CT molecular complexity index is 933. The molecule has 0 fully saturated rings. The fraction of sp³-hybridized carbons (Fsp3) is 0.645. The number of unbranched alkanes of at least 4 members (excludes halogenated alkanes) is 5. The minimum Gasteiger partial charge on any atom is -0.444 e. The highest BCUT2D eigenvalue weighted by molar-refractivity contribution is 5.92. The lowest BCUT2D eigenvalue weighted by Crippen LogP contribution is -2.55. The summed E-state index contributed by atoms with van der Waals surface area (Å²) in [6.07, 6.45) is 12.4. The average molecular weight is 544 g/mol. The van der Waals surface area contributed by atoms with Gasteiger partial charge in [-0.25, -0.2) is 4.79 Å². The van der Waals surface area contributed by atoms with Crippen LogP contribution in [-0.4, -0.2) is 58.8 Å². The number of rotatable bonds is 16. The van der Waals surface area contributed by atoms with E-state index >= 15 is 0 Å². The molecule has 0 bridgehead atoms. The van der Waals surface area contributed by atoms with Crippen LogP contribution < -0.4 is 10.6 Å². The van der Waals surface area contributed by atoms with E-state index in [9.17, 15) is 19.5 Å². The van der Waals surface area contributed by atoms with E-state index in [1.165, 1.54) is 4.90 Å². The molecule has 1 rings (SSSR count). The van der Waals surface area contributed by atoms with Gasteiger partial charge < -0.3 is 25.4 Å². The molecule has 0 aromatic heterocycles. The van der Waals surface area contributed by atoms with Crippen LogP contribution in [0.3, 0.4) is 0 Å². The van der Waals surface area contributed by atoms with Crippen molar-refractivity contribution in [1.82, 2.24) is 15.5 Å². The van der Waals surface area contributed by atoms with Crippen molar-refractivity contribution < 1.29 is 24.2 Å². The zero-order valence-corrected chi connectivity index (χ0v) is 24.7. The van der Waals surface area contributed by atoms with E-state index in [-0.39, 0.29) is 18.5 Å². The van der Waals surface area contributed by atoms with Crippen LogP contribution in [-0.2, 0) is 14.3 Å². The van der Waals surface area contributed by atoms with Gasteiger partial charge in [0.1, 0.15) is 17.7 Å². The van der Waals surface area contributed by atoms with E-state index in [1.54, 1.807) is 45.0 Å². The normalized spacial score (nSPS) is 13.5. The lowest BCUT2D eigenvalue weighted by atomic mass is 10.00. The molecule has 1 aromatic carbocycles. The van der Waals surface area contributed by atoms with Gasteiger partial charge in [0.2, 0.25) is 11.8 Å². The first-order valence-electron chi connectivity index (χ1n) is 14.2. The number of carbonyl (C=O) groups excluding carboxylic acids is 3. The molecule has 39 heavy (non-hydrogen) atoms. The van der Waals surface area contributed by atoms with Crippen LogP contribution >= 0.6 is 0 Å². The van der Waals surface area contributed by atoms with Crippen molar-refractivity contribution in [2.24, 2.45) is 0 Å². The van der Waals surface area contributed by atoms with Crippen molar-refractivity contribution in [3.63, 3.8) is 0 Å². The third kappa shape index (κ3) is 12.6. The number of aliphatic hydroxyl groups is 1. The number of aliphatic hydroxyl groups excluding tert-OH is 1. The van der Waals surface area contributed by atoms with Crippen LogP contribution in [0.25, 0.3) is 0 Å². The standard InChI is InChI=1S/C31H49N3O5/c1-8-11-12-13-14-15-21-34(29(37)26(22-35)33-30(38)39-31(5,6)7)27(28(36)32-23(4)16-9-2)25-19-17-24(10-3)18-20-25/h3,17-20,23,26-27,35H,8-9,11-16,21-22H2,1-2,4-7H3,(H,32,36)(H,33,38). The van der Waals surface area contributed by atoms with Crippen molar-refractivity contribution >= 4 is 17.9 Å². The quantitative estimate of drug-likeness (QED) is 0.199. The summed E-state index contributed by atoms with van der Waals surface area (Å²) in [5, 5.41) is 15.6. The van der Waals surface area contributed by atoms with E-state index in [4.69, 9.17) is 11.2 Å². The maximum atomic E-state index is 13.9. The highest BCUT2D eigenvalue weighted by Gasteiger charge is 2.36. The Morgan fingerprint density at radius 2 is 1.62 bits per heavy atom. The number of terminal acetylenes is 1. The summed E-state index contributed by atoms with van der Waals surface area (Å²) < 4.78 is 5.30. The van der Waals surface area contributed by atoms with E-state index in [0.29, 0.717) is 17.5 Å². The SMILES string of the molecule is C#Cc1ccc(C(C(=O)NC(C)CCC)N(CCCCCCCC)C(=O)C(CO)NC(=O)OC(C)(C)C)cc1. The molecule has 0 aliphatic carbocycles. The Labute approximate surface area is 235 Å². The number of nitrogens with zero attached hydrogens (tertiary/aromatic N) is 1. The van der Waals surface area contributed by atoms with Gasteiger partial charge >= 0.3 is 6.09 Å². The van der Waals surface area contributed by atoms with Crippen molar-refractivity contribution in [1.29, 1.82) is 0 Å². The van der Waals surface area contributed by atoms with Crippen molar-refractivity contribution in [2.45, 2.75) is 117 Å². The van der Waals surface area contributed by atoms with E-state index < -0.39 is 36.3 Å². The second kappa shape index (κ2) is 17.5. The number of alkyl carbamates (subject to hydrolysis) is 1. The summed E-state index contributed by atoms with van der Waals surface area (Å²) >= 11 is 0. The topological polar surface area (TPSA) is 108 Å². The molecular formula is C31H49N3O5. The number of nitrogens with one attached hydrogen (secondary N) is 2. The summed E-state index contributed by atoms with van der Waals surface area (Å²) in [6, 6.07) is 4.65. The average Bonchev–Trinajstić information content (AvgIpc) is 2.87. The van der Waals surface area contributed by atoms with E-state index in [1.807, 2.05) is 13.8 Å². The van der Waals surface area contributed by atoms with Crippen molar-refractivity contribution in [2.75, 3.05) is 13.2 Å². The summed E-state index contributed by atoms with van der Waals surface area (Å²) in [5.41, 5.74) is 0.483. The van der Waals surface area contributed by atoms with Crippen LogP contribution in [0.4, 0.5) is 4.79 Å². The third-order valence-electron chi connectivity index (χ3n) is 6.27. The predicted octanol–water partition coefficient (Wildman–Crippen LogP) is 5.09. The van der Waals surface area contributed by atoms with Crippen LogP contribution in [0, 0.1) is 12.3 Å². The third-order valence-corrected chi connectivity index (χ3v) is 6.27. The molecule has 0 spiro atoms. The predicted molar refractivity (Wildman–Crippen MR) is 155 cm³/mol. The fourth-order valence-corrected chi connectivity index (χ4v) is 4.33. The van der Waals surface area contributed by atoms with Gasteiger partial charge in [0, 0.05) is 18.2 Å². The van der Waals surface area contributed by atoms with Gasteiger partial charge in [-0.3, -0.25) is 9.59 Å². The minimum atomic E-state index is -1.27. The van der Waals surface area contributed by atoms with Gasteiger partial charge in [0.15, 0.2) is 0 Å². The lowest BCUT2D eigenvalue weighted by molar-refractivity contribution is -0.143. The molecule has 3 amide bonds. The number of hydrogen-bond acceptors (Lipinski definition) is 5. The fourth-order valence-electron chi connectivity index (χ4n) is 4.33. The summed E-state index contributed by atoms with van der Waals surface area (Å²) in [5.74, 6) is 1.70. The molecule has 3 atom stereocenters. The number of benzene rings is 1. The highest BCUT2D eigenvalue weighted by Crippen LogP contribution is 2.25. The monoisotopic (exact) mass is 543 g/mol. The largest absolute Gasteiger partial charge is 0.444 e. The molecule has 1 aromatic rings. The first-order valence-corrected chi connectivity index (χ1v) is 14.2. The number of amides is 3. The van der Waals surface area contributed by atoms with Crippen LogP contribution in [0.15, 0.2) is 24.3 Å². The highest BCUT2D eigenvalue weighted by atomic mass is 16.6. The van der Waals surface area contributed by atoms with E-state index in [0.717, 1.165) is 44.9 Å². The molecule has 8 nitrogen and oxygen atoms in total. The first kappa shape index (κ1) is 34.0. The number of hydrogen-bond donors (Lipinski definition) is 3. The van der Waals surface area contributed by atoms with Crippen LogP contribution in [0.1, 0.15) is 110 Å². The molecular weight excluding hydrogens is 494 g/mol. The number of ether oxygens (including phenoxy) is 1. The van der Waals surface area contributed by atoms with E-state index in [2.05, 4.69) is 23.5 Å². The Morgan fingerprint density at radius 3 is 2.15 bits per heavy atom. The number of carbonyl (C=O) groups is 3. The summed E-state index contributed by atoms with van der Waals surface area (Å²) in [7, 11) is 0. The van der Waals surface area contributed by atoms with Gasteiger partial charge in [-0.05, 0) is 58.2 Å². The van der Waals surface area contributed by atoms with Gasteiger partial charge in [-0.1, -0.05) is 70.4 Å². The molecule has 0 heterocycles. The maximum Gasteiger partial charge on any atom is 0.408 e. The Hall–Kier alpha value is -3.05. The molecule has 0 saturated heterocycles. The molecule has 0 aliphatic rings. The van der Waals surface area contributed by atoms with Gasteiger partial charge in [0.05, 0.1) is 6.61 Å². The Kier molecular flexibility index (Phi) is 15.3. The zero-order valence-electron chi connectivity index (χ0n) is 24.7.